The number of methoxy groups -OCH3 is 1. The molecule has 0 radical (unpaired) electrons. The van der Waals surface area contributed by atoms with Gasteiger partial charge in [-0.05, 0) is 25.0 Å². The maximum absolute atomic E-state index is 12.3. The SMILES string of the molecule is CCOC(=O)C(Cc1ccccc1)c1ccccc1OC. The minimum Gasteiger partial charge on any atom is -0.496 e. The number of benzene rings is 2. The first kappa shape index (κ1) is 15.1. The van der Waals surface area contributed by atoms with Gasteiger partial charge in [-0.25, -0.2) is 0 Å². The van der Waals surface area contributed by atoms with Crippen molar-refractivity contribution in [2.24, 2.45) is 0 Å². The van der Waals surface area contributed by atoms with Crippen molar-refractivity contribution in [1.82, 2.24) is 0 Å². The summed E-state index contributed by atoms with van der Waals surface area (Å²) in [7, 11) is 1.61. The predicted octanol–water partition coefficient (Wildman–Crippen LogP) is 3.58. The van der Waals surface area contributed by atoms with Gasteiger partial charge >= 0.3 is 5.97 Å². The fraction of sp³-hybridized carbons (Fsp3) is 0.278. The highest BCUT2D eigenvalue weighted by Crippen LogP contribution is 2.30. The molecule has 0 bridgehead atoms. The third-order valence-corrected chi connectivity index (χ3v) is 3.37. The third-order valence-electron chi connectivity index (χ3n) is 3.37. The number of para-hydroxylation sites is 1. The van der Waals surface area contributed by atoms with Gasteiger partial charge in [0.05, 0.1) is 19.6 Å². The zero-order valence-electron chi connectivity index (χ0n) is 12.4. The van der Waals surface area contributed by atoms with Gasteiger partial charge in [0.1, 0.15) is 5.75 Å². The van der Waals surface area contributed by atoms with Crippen LogP contribution in [0.25, 0.3) is 0 Å². The number of hydrogen-bond donors (Lipinski definition) is 0. The molecule has 0 saturated heterocycles. The van der Waals surface area contributed by atoms with Crippen LogP contribution in [0, 0.1) is 0 Å². The molecule has 0 N–H and O–H groups in total. The summed E-state index contributed by atoms with van der Waals surface area (Å²) in [6.07, 6.45) is 0.597. The highest BCUT2D eigenvalue weighted by atomic mass is 16.5. The Kier molecular flexibility index (Phi) is 5.38. The monoisotopic (exact) mass is 284 g/mol. The summed E-state index contributed by atoms with van der Waals surface area (Å²) in [5, 5.41) is 0. The minimum absolute atomic E-state index is 0.217. The van der Waals surface area contributed by atoms with Crippen LogP contribution in [0.5, 0.6) is 5.75 Å². The molecule has 0 aromatic heterocycles. The second-order valence-electron chi connectivity index (χ2n) is 4.74. The first-order valence-corrected chi connectivity index (χ1v) is 7.09. The van der Waals surface area contributed by atoms with Gasteiger partial charge in [0.2, 0.25) is 0 Å². The van der Waals surface area contributed by atoms with E-state index < -0.39 is 0 Å². The molecule has 2 aromatic rings. The Bertz CT molecular complexity index is 578. The van der Waals surface area contributed by atoms with E-state index >= 15 is 0 Å². The van der Waals surface area contributed by atoms with E-state index in [2.05, 4.69) is 0 Å². The van der Waals surface area contributed by atoms with E-state index in [1.165, 1.54) is 0 Å². The van der Waals surface area contributed by atoms with Gasteiger partial charge in [0.25, 0.3) is 0 Å². The standard InChI is InChI=1S/C18H20O3/c1-3-21-18(19)16(13-14-9-5-4-6-10-14)15-11-7-8-12-17(15)20-2/h4-12,16H,3,13H2,1-2H3. The molecule has 0 spiro atoms. The Labute approximate surface area is 125 Å². The molecule has 0 aliphatic rings. The molecule has 3 heteroatoms. The van der Waals surface area contributed by atoms with Crippen LogP contribution in [-0.2, 0) is 16.0 Å². The predicted molar refractivity (Wildman–Crippen MR) is 82.5 cm³/mol. The number of ether oxygens (including phenoxy) is 2. The molecule has 0 heterocycles. The summed E-state index contributed by atoms with van der Waals surface area (Å²) >= 11 is 0. The molecule has 1 unspecified atom stereocenters. The van der Waals surface area contributed by atoms with Gasteiger partial charge in [-0.1, -0.05) is 48.5 Å². The zero-order valence-corrected chi connectivity index (χ0v) is 12.4. The normalized spacial score (nSPS) is 11.7. The van der Waals surface area contributed by atoms with E-state index in [1.807, 2.05) is 61.5 Å². The first-order valence-electron chi connectivity index (χ1n) is 7.09. The second-order valence-corrected chi connectivity index (χ2v) is 4.74. The van der Waals surface area contributed by atoms with Crippen LogP contribution in [-0.4, -0.2) is 19.7 Å². The summed E-state index contributed by atoms with van der Waals surface area (Å²) in [4.78, 5) is 12.3. The highest BCUT2D eigenvalue weighted by molar-refractivity contribution is 5.79. The van der Waals surface area contributed by atoms with Gasteiger partial charge in [0, 0.05) is 5.56 Å². The van der Waals surface area contributed by atoms with Crippen LogP contribution in [0.4, 0.5) is 0 Å². The maximum atomic E-state index is 12.3. The largest absolute Gasteiger partial charge is 0.496 e. The summed E-state index contributed by atoms with van der Waals surface area (Å²) in [5.41, 5.74) is 1.96. The van der Waals surface area contributed by atoms with Crippen molar-refractivity contribution in [2.45, 2.75) is 19.3 Å². The molecule has 0 amide bonds. The molecule has 0 aliphatic carbocycles. The Hall–Kier alpha value is -2.29. The van der Waals surface area contributed by atoms with E-state index in [0.717, 1.165) is 11.1 Å². The van der Waals surface area contributed by atoms with Gasteiger partial charge in [-0.3, -0.25) is 4.79 Å². The van der Waals surface area contributed by atoms with Crippen LogP contribution in [0.1, 0.15) is 24.0 Å². The van der Waals surface area contributed by atoms with Crippen molar-refractivity contribution in [1.29, 1.82) is 0 Å². The van der Waals surface area contributed by atoms with Gasteiger partial charge < -0.3 is 9.47 Å². The minimum atomic E-state index is -0.358. The summed E-state index contributed by atoms with van der Waals surface area (Å²) < 4.78 is 10.6. The average Bonchev–Trinajstić information content (AvgIpc) is 2.54. The lowest BCUT2D eigenvalue weighted by Crippen LogP contribution is -2.19. The third kappa shape index (κ3) is 3.85. The molecular formula is C18H20O3. The molecule has 0 fully saturated rings. The lowest BCUT2D eigenvalue weighted by molar-refractivity contribution is -0.145. The molecule has 0 saturated carbocycles. The lowest BCUT2D eigenvalue weighted by atomic mass is 9.91. The lowest BCUT2D eigenvalue weighted by Gasteiger charge is -2.18. The quantitative estimate of drug-likeness (QED) is 0.761. The number of carbonyl (C=O) groups excluding carboxylic acids is 1. The average molecular weight is 284 g/mol. The van der Waals surface area contributed by atoms with E-state index in [0.29, 0.717) is 18.8 Å². The fourth-order valence-electron chi connectivity index (χ4n) is 2.37. The zero-order chi connectivity index (χ0) is 15.1. The molecule has 0 aliphatic heterocycles. The van der Waals surface area contributed by atoms with Crippen LogP contribution in [0.3, 0.4) is 0 Å². The van der Waals surface area contributed by atoms with Crippen molar-refractivity contribution in [2.75, 3.05) is 13.7 Å². The molecule has 1 atom stereocenters. The summed E-state index contributed by atoms with van der Waals surface area (Å²) in [6.45, 7) is 2.19. The molecule has 3 nitrogen and oxygen atoms in total. The summed E-state index contributed by atoms with van der Waals surface area (Å²) in [5.74, 6) is 0.140. The Morgan fingerprint density at radius 2 is 1.71 bits per heavy atom. The van der Waals surface area contributed by atoms with Crippen LogP contribution in [0.2, 0.25) is 0 Å². The van der Waals surface area contributed by atoms with E-state index in [4.69, 9.17) is 9.47 Å². The van der Waals surface area contributed by atoms with Crippen molar-refractivity contribution in [3.63, 3.8) is 0 Å². The first-order chi connectivity index (χ1) is 10.3. The van der Waals surface area contributed by atoms with Gasteiger partial charge in [-0.15, -0.1) is 0 Å². The molecule has 2 aromatic carbocycles. The van der Waals surface area contributed by atoms with Crippen LogP contribution >= 0.6 is 0 Å². The van der Waals surface area contributed by atoms with Crippen molar-refractivity contribution in [3.05, 3.63) is 65.7 Å². The van der Waals surface area contributed by atoms with E-state index in [-0.39, 0.29) is 11.9 Å². The number of carbonyl (C=O) groups is 1. The smallest absolute Gasteiger partial charge is 0.313 e. The van der Waals surface area contributed by atoms with Crippen LogP contribution in [0.15, 0.2) is 54.6 Å². The van der Waals surface area contributed by atoms with E-state index in [1.54, 1.807) is 7.11 Å². The van der Waals surface area contributed by atoms with Crippen molar-refractivity contribution >= 4 is 5.97 Å². The van der Waals surface area contributed by atoms with Gasteiger partial charge in [-0.2, -0.15) is 0 Å². The maximum Gasteiger partial charge on any atom is 0.313 e. The summed E-state index contributed by atoms with van der Waals surface area (Å²) in [6, 6.07) is 17.5. The number of hydrogen-bond acceptors (Lipinski definition) is 3. The topological polar surface area (TPSA) is 35.5 Å². The molecule has 110 valence electrons. The Morgan fingerprint density at radius 3 is 2.38 bits per heavy atom. The van der Waals surface area contributed by atoms with Gasteiger partial charge in [0.15, 0.2) is 0 Å². The molecular weight excluding hydrogens is 264 g/mol. The van der Waals surface area contributed by atoms with Crippen molar-refractivity contribution < 1.29 is 14.3 Å². The fourth-order valence-corrected chi connectivity index (χ4v) is 2.37. The molecule has 2 rings (SSSR count). The Balaban J connectivity index is 2.34. The Morgan fingerprint density at radius 1 is 1.05 bits per heavy atom. The molecule has 21 heavy (non-hydrogen) atoms. The number of esters is 1. The van der Waals surface area contributed by atoms with Crippen molar-refractivity contribution in [3.8, 4) is 5.75 Å². The second kappa shape index (κ2) is 7.48. The number of rotatable bonds is 6. The highest BCUT2D eigenvalue weighted by Gasteiger charge is 2.25. The van der Waals surface area contributed by atoms with E-state index in [9.17, 15) is 4.79 Å². The van der Waals surface area contributed by atoms with Crippen LogP contribution < -0.4 is 4.74 Å².